The van der Waals surface area contributed by atoms with Crippen molar-refractivity contribution in [2.24, 2.45) is 17.8 Å². The zero-order chi connectivity index (χ0) is 25.5. The quantitative estimate of drug-likeness (QED) is 0.445. The highest BCUT2D eigenvalue weighted by Crippen LogP contribution is 2.42. The molecule has 1 saturated carbocycles. The second kappa shape index (κ2) is 10.7. The first kappa shape index (κ1) is 26.7. The van der Waals surface area contributed by atoms with Gasteiger partial charge in [-0.15, -0.1) is 0 Å². The Labute approximate surface area is 226 Å². The van der Waals surface area contributed by atoms with Gasteiger partial charge in [-0.2, -0.15) is 0 Å². The minimum atomic E-state index is -3.06. The first-order valence-electron chi connectivity index (χ1n) is 13.6. The molecule has 1 aromatic rings. The van der Waals surface area contributed by atoms with E-state index in [1.54, 1.807) is 11.2 Å². The molecule has 3 aliphatic heterocycles. The van der Waals surface area contributed by atoms with E-state index in [0.717, 1.165) is 58.4 Å². The van der Waals surface area contributed by atoms with E-state index in [1.165, 1.54) is 18.4 Å². The highest BCUT2D eigenvalue weighted by Gasteiger charge is 2.43. The molecule has 0 N–H and O–H groups in total. The molecule has 0 spiro atoms. The predicted octanol–water partition coefficient (Wildman–Crippen LogP) is 4.65. The number of hydrogen-bond acceptors (Lipinski definition) is 4. The van der Waals surface area contributed by atoms with Crippen LogP contribution in [0.1, 0.15) is 57.4 Å². The van der Waals surface area contributed by atoms with Crippen molar-refractivity contribution in [2.75, 3.05) is 51.6 Å². The highest BCUT2D eigenvalue weighted by atomic mass is 35.5. The summed E-state index contributed by atoms with van der Waals surface area (Å²) >= 11 is 12.7. The number of carbonyl (C=O) groups excluding carboxylic acids is 1. The number of sulfonamides is 1. The lowest BCUT2D eigenvalue weighted by molar-refractivity contribution is -0.136. The van der Waals surface area contributed by atoms with Crippen LogP contribution < -0.4 is 0 Å². The van der Waals surface area contributed by atoms with Gasteiger partial charge in [-0.3, -0.25) is 4.79 Å². The van der Waals surface area contributed by atoms with Crippen LogP contribution in [0.5, 0.6) is 0 Å². The number of nitrogens with zero attached hydrogens (tertiary/aromatic N) is 3. The van der Waals surface area contributed by atoms with Crippen molar-refractivity contribution in [1.82, 2.24) is 14.1 Å². The third-order valence-corrected chi connectivity index (χ3v) is 11.8. The number of hydrogen-bond donors (Lipinski definition) is 0. The second-order valence-corrected chi connectivity index (χ2v) is 14.6. The Balaban J connectivity index is 1.20. The van der Waals surface area contributed by atoms with E-state index in [-0.39, 0.29) is 17.1 Å². The summed E-state index contributed by atoms with van der Waals surface area (Å²) in [6.45, 7) is 7.91. The Kier molecular flexibility index (Phi) is 7.96. The van der Waals surface area contributed by atoms with Gasteiger partial charge in [0, 0.05) is 51.1 Å². The van der Waals surface area contributed by atoms with E-state index < -0.39 is 10.0 Å². The van der Waals surface area contributed by atoms with Gasteiger partial charge in [-0.05, 0) is 87.4 Å². The van der Waals surface area contributed by atoms with E-state index in [2.05, 4.69) is 15.9 Å². The molecule has 5 rings (SSSR count). The molecule has 1 aromatic carbocycles. The predicted molar refractivity (Wildman–Crippen MR) is 145 cm³/mol. The lowest BCUT2D eigenvalue weighted by Gasteiger charge is -2.48. The van der Waals surface area contributed by atoms with Crippen LogP contribution in [0.2, 0.25) is 10.0 Å². The number of likely N-dealkylation sites (tertiary alicyclic amines) is 2. The molecular formula is C27H39Cl2N3O3S. The SMILES string of the molecule is CCS(=O)(=O)N1CCC(C2CN(CC[C@]3(c4ccc(Cl)c(Cl)c4)CCC(=O)N(CC4CC4)C3)C2)CC1. The van der Waals surface area contributed by atoms with Crippen LogP contribution in [-0.2, 0) is 20.2 Å². The molecule has 4 aliphatic rings. The lowest BCUT2D eigenvalue weighted by Crippen LogP contribution is -2.55. The highest BCUT2D eigenvalue weighted by molar-refractivity contribution is 7.89. The van der Waals surface area contributed by atoms with Gasteiger partial charge in [0.15, 0.2) is 0 Å². The first-order chi connectivity index (χ1) is 17.2. The minimum Gasteiger partial charge on any atom is -0.342 e. The Morgan fingerprint density at radius 2 is 1.75 bits per heavy atom. The fourth-order valence-electron chi connectivity index (χ4n) is 6.50. The number of amides is 1. The summed E-state index contributed by atoms with van der Waals surface area (Å²) in [5.41, 5.74) is 1.11. The van der Waals surface area contributed by atoms with Crippen molar-refractivity contribution < 1.29 is 13.2 Å². The van der Waals surface area contributed by atoms with Gasteiger partial charge < -0.3 is 9.80 Å². The van der Waals surface area contributed by atoms with Gasteiger partial charge in [0.25, 0.3) is 0 Å². The van der Waals surface area contributed by atoms with Crippen molar-refractivity contribution in [3.63, 3.8) is 0 Å². The van der Waals surface area contributed by atoms with Gasteiger partial charge in [0.05, 0.1) is 15.8 Å². The molecule has 3 saturated heterocycles. The van der Waals surface area contributed by atoms with Crippen LogP contribution in [0.4, 0.5) is 0 Å². The standard InChI is InChI=1S/C27H39Cl2N3O3S/c1-2-36(34,35)32-12-8-21(9-13-32)22-17-30(18-22)14-11-27(23-5-6-24(28)25(29)15-23)10-7-26(33)31(19-27)16-20-3-4-20/h5-6,15,20-22H,2-4,7-14,16-19H2,1H3/t27-/m1/s1. The molecule has 0 bridgehead atoms. The zero-order valence-electron chi connectivity index (χ0n) is 21.3. The summed E-state index contributed by atoms with van der Waals surface area (Å²) in [6, 6.07) is 6.02. The normalized spacial score (nSPS) is 27.4. The van der Waals surface area contributed by atoms with E-state index in [4.69, 9.17) is 23.2 Å². The van der Waals surface area contributed by atoms with E-state index >= 15 is 0 Å². The topological polar surface area (TPSA) is 60.9 Å². The molecule has 36 heavy (non-hydrogen) atoms. The molecule has 1 amide bonds. The fourth-order valence-corrected chi connectivity index (χ4v) is 7.93. The van der Waals surface area contributed by atoms with Gasteiger partial charge in [-0.25, -0.2) is 12.7 Å². The summed E-state index contributed by atoms with van der Waals surface area (Å²) in [4.78, 5) is 17.4. The van der Waals surface area contributed by atoms with Gasteiger partial charge in [-0.1, -0.05) is 29.3 Å². The zero-order valence-corrected chi connectivity index (χ0v) is 23.6. The largest absolute Gasteiger partial charge is 0.342 e. The van der Waals surface area contributed by atoms with Crippen molar-refractivity contribution in [1.29, 1.82) is 0 Å². The number of benzene rings is 1. The number of carbonyl (C=O) groups is 1. The average molecular weight is 557 g/mol. The maximum absolute atomic E-state index is 12.8. The Morgan fingerprint density at radius 3 is 2.39 bits per heavy atom. The number of piperidine rings is 2. The molecule has 200 valence electrons. The number of halogens is 2. The van der Waals surface area contributed by atoms with Gasteiger partial charge in [0.1, 0.15) is 0 Å². The first-order valence-corrected chi connectivity index (χ1v) is 16.0. The summed E-state index contributed by atoms with van der Waals surface area (Å²) in [5.74, 6) is 2.44. The second-order valence-electron chi connectivity index (χ2n) is 11.5. The summed E-state index contributed by atoms with van der Waals surface area (Å²) in [7, 11) is -3.06. The van der Waals surface area contributed by atoms with Crippen molar-refractivity contribution >= 4 is 39.1 Å². The monoisotopic (exact) mass is 555 g/mol. The Bertz CT molecular complexity index is 1070. The maximum atomic E-state index is 12.8. The minimum absolute atomic E-state index is 0.0953. The average Bonchev–Trinajstić information content (AvgIpc) is 3.66. The molecule has 9 heteroatoms. The van der Waals surface area contributed by atoms with Gasteiger partial charge in [0.2, 0.25) is 15.9 Å². The van der Waals surface area contributed by atoms with Crippen molar-refractivity contribution in [3.8, 4) is 0 Å². The molecule has 0 unspecified atom stereocenters. The van der Waals surface area contributed by atoms with E-state index in [1.807, 2.05) is 12.1 Å². The van der Waals surface area contributed by atoms with Crippen LogP contribution >= 0.6 is 23.2 Å². The van der Waals surface area contributed by atoms with Crippen LogP contribution in [-0.4, -0.2) is 80.0 Å². The summed E-state index contributed by atoms with van der Waals surface area (Å²) < 4.78 is 26.0. The molecule has 1 atom stereocenters. The molecule has 3 heterocycles. The lowest BCUT2D eigenvalue weighted by atomic mass is 9.71. The van der Waals surface area contributed by atoms with Crippen molar-refractivity contribution in [3.05, 3.63) is 33.8 Å². The Morgan fingerprint density at radius 1 is 1.03 bits per heavy atom. The molecule has 6 nitrogen and oxygen atoms in total. The Hall–Kier alpha value is -0.860. The van der Waals surface area contributed by atoms with Crippen LogP contribution in [0.3, 0.4) is 0 Å². The third-order valence-electron chi connectivity index (χ3n) is 9.19. The maximum Gasteiger partial charge on any atom is 0.222 e. The molecule has 4 fully saturated rings. The van der Waals surface area contributed by atoms with E-state index in [9.17, 15) is 13.2 Å². The molecule has 0 aromatic heterocycles. The third kappa shape index (κ3) is 5.75. The smallest absolute Gasteiger partial charge is 0.222 e. The van der Waals surface area contributed by atoms with Crippen LogP contribution in [0.15, 0.2) is 18.2 Å². The summed E-state index contributed by atoms with van der Waals surface area (Å²) in [5, 5.41) is 1.15. The summed E-state index contributed by atoms with van der Waals surface area (Å²) in [6.07, 6.45) is 6.87. The van der Waals surface area contributed by atoms with Crippen LogP contribution in [0, 0.1) is 17.8 Å². The molecule has 0 radical (unpaired) electrons. The fraction of sp³-hybridized carbons (Fsp3) is 0.741. The number of rotatable bonds is 9. The van der Waals surface area contributed by atoms with E-state index in [0.29, 0.717) is 47.3 Å². The molecular weight excluding hydrogens is 517 g/mol. The van der Waals surface area contributed by atoms with Crippen molar-refractivity contribution in [2.45, 2.75) is 57.3 Å². The van der Waals surface area contributed by atoms with Crippen LogP contribution in [0.25, 0.3) is 0 Å². The van der Waals surface area contributed by atoms with Gasteiger partial charge >= 0.3 is 0 Å². The molecule has 1 aliphatic carbocycles.